The normalized spacial score (nSPS) is 14.2. The highest BCUT2D eigenvalue weighted by molar-refractivity contribution is 7.98. The second-order valence-electron chi connectivity index (χ2n) is 3.87. The number of sulfonamides is 1. The van der Waals surface area contributed by atoms with Crippen LogP contribution >= 0.6 is 11.8 Å². The van der Waals surface area contributed by atoms with E-state index in [0.717, 1.165) is 5.75 Å². The maximum absolute atomic E-state index is 12.2. The lowest BCUT2D eigenvalue weighted by molar-refractivity contribution is 0.413. The Morgan fingerprint density at radius 2 is 2.24 bits per heavy atom. The molecule has 0 amide bonds. The van der Waals surface area contributed by atoms with Crippen LogP contribution in [-0.2, 0) is 16.4 Å². The molecule has 1 aromatic rings. The molecule has 1 unspecified atom stereocenters. The molecule has 17 heavy (non-hydrogen) atoms. The summed E-state index contributed by atoms with van der Waals surface area (Å²) in [5.41, 5.74) is 0. The number of aromatic amines is 1. The first kappa shape index (κ1) is 14.5. The van der Waals surface area contributed by atoms with Gasteiger partial charge in [-0.15, -0.1) is 0 Å². The van der Waals surface area contributed by atoms with Gasteiger partial charge in [-0.2, -0.15) is 16.1 Å². The minimum atomic E-state index is -3.45. The van der Waals surface area contributed by atoms with Gasteiger partial charge in [0.2, 0.25) is 0 Å². The Morgan fingerprint density at radius 1 is 1.59 bits per heavy atom. The topological polar surface area (TPSA) is 66.1 Å². The van der Waals surface area contributed by atoms with Gasteiger partial charge < -0.3 is 4.98 Å². The minimum absolute atomic E-state index is 0.0385. The molecule has 0 aromatic carbocycles. The standard InChI is InChI=1S/C10H19N3O2S2/c1-5-9-11-6-10(12-9)17(14,15)13(3)8(2)7-16-4/h6,8H,5,7H2,1-4H3,(H,11,12). The Bertz CT molecular complexity index is 456. The molecular formula is C10H19N3O2S2. The minimum Gasteiger partial charge on any atom is -0.332 e. The summed E-state index contributed by atoms with van der Waals surface area (Å²) in [6.45, 7) is 3.82. The predicted octanol–water partition coefficient (Wildman–Crippen LogP) is 1.34. The summed E-state index contributed by atoms with van der Waals surface area (Å²) < 4.78 is 25.8. The third-order valence-corrected chi connectivity index (χ3v) is 5.32. The molecule has 0 fully saturated rings. The summed E-state index contributed by atoms with van der Waals surface area (Å²) in [7, 11) is -1.85. The van der Waals surface area contributed by atoms with Crippen LogP contribution in [0.25, 0.3) is 0 Å². The van der Waals surface area contributed by atoms with Crippen LogP contribution < -0.4 is 0 Å². The van der Waals surface area contributed by atoms with E-state index in [1.807, 2.05) is 20.1 Å². The summed E-state index contributed by atoms with van der Waals surface area (Å²) in [4.78, 5) is 6.86. The first-order chi connectivity index (χ1) is 7.93. The molecule has 1 atom stereocenters. The number of thioether (sulfide) groups is 1. The lowest BCUT2D eigenvalue weighted by Crippen LogP contribution is -2.36. The average molecular weight is 277 g/mol. The van der Waals surface area contributed by atoms with Crippen molar-refractivity contribution in [3.8, 4) is 0 Å². The second-order valence-corrected chi connectivity index (χ2v) is 6.75. The van der Waals surface area contributed by atoms with Crippen molar-refractivity contribution in [2.75, 3.05) is 19.1 Å². The monoisotopic (exact) mass is 277 g/mol. The molecule has 1 rings (SSSR count). The van der Waals surface area contributed by atoms with Gasteiger partial charge in [-0.1, -0.05) is 6.92 Å². The van der Waals surface area contributed by atoms with E-state index in [0.29, 0.717) is 12.2 Å². The van der Waals surface area contributed by atoms with Gasteiger partial charge >= 0.3 is 0 Å². The van der Waals surface area contributed by atoms with E-state index >= 15 is 0 Å². The van der Waals surface area contributed by atoms with Crippen molar-refractivity contribution in [1.29, 1.82) is 0 Å². The summed E-state index contributed by atoms with van der Waals surface area (Å²) in [5, 5.41) is 0.171. The van der Waals surface area contributed by atoms with Gasteiger partial charge in [0.05, 0.1) is 6.20 Å². The number of aromatic nitrogens is 2. The highest BCUT2D eigenvalue weighted by Crippen LogP contribution is 2.16. The summed E-state index contributed by atoms with van der Waals surface area (Å²) in [5.74, 6) is 1.46. The van der Waals surface area contributed by atoms with E-state index in [-0.39, 0.29) is 11.1 Å². The molecule has 0 aliphatic carbocycles. The first-order valence-corrected chi connectivity index (χ1v) is 8.27. The van der Waals surface area contributed by atoms with Gasteiger partial charge in [0.25, 0.3) is 10.0 Å². The highest BCUT2D eigenvalue weighted by Gasteiger charge is 2.26. The number of nitrogens with one attached hydrogen (secondary N) is 1. The van der Waals surface area contributed by atoms with Crippen LogP contribution in [-0.4, -0.2) is 47.8 Å². The molecule has 0 saturated carbocycles. The third-order valence-electron chi connectivity index (χ3n) is 2.63. The Kier molecular flexibility index (Phi) is 5.03. The molecular weight excluding hydrogens is 258 g/mol. The largest absolute Gasteiger partial charge is 0.332 e. The Hall–Kier alpha value is -0.530. The van der Waals surface area contributed by atoms with Gasteiger partial charge in [-0.05, 0) is 13.2 Å². The SMILES string of the molecule is CCc1ncc(S(=O)(=O)N(C)C(C)CSC)[nH]1. The zero-order valence-electron chi connectivity index (χ0n) is 10.6. The summed E-state index contributed by atoms with van der Waals surface area (Å²) in [6.07, 6.45) is 4.04. The lowest BCUT2D eigenvalue weighted by Gasteiger charge is -2.22. The molecule has 1 heterocycles. The number of imidazole rings is 1. The molecule has 1 aromatic heterocycles. The first-order valence-electron chi connectivity index (χ1n) is 5.44. The molecule has 1 N–H and O–H groups in total. The molecule has 7 heteroatoms. The van der Waals surface area contributed by atoms with Crippen LogP contribution in [0, 0.1) is 0 Å². The van der Waals surface area contributed by atoms with Crippen LogP contribution in [0.2, 0.25) is 0 Å². The molecule has 5 nitrogen and oxygen atoms in total. The van der Waals surface area contributed by atoms with E-state index in [1.54, 1.807) is 18.8 Å². The van der Waals surface area contributed by atoms with Crippen LogP contribution in [0.1, 0.15) is 19.7 Å². The zero-order valence-corrected chi connectivity index (χ0v) is 12.2. The molecule has 0 aliphatic rings. The molecule has 0 spiro atoms. The quantitative estimate of drug-likeness (QED) is 0.852. The van der Waals surface area contributed by atoms with Crippen molar-refractivity contribution < 1.29 is 8.42 Å². The van der Waals surface area contributed by atoms with Crippen molar-refractivity contribution >= 4 is 21.8 Å². The van der Waals surface area contributed by atoms with E-state index in [4.69, 9.17) is 0 Å². The number of nitrogens with zero attached hydrogens (tertiary/aromatic N) is 2. The van der Waals surface area contributed by atoms with Crippen LogP contribution in [0.15, 0.2) is 11.2 Å². The van der Waals surface area contributed by atoms with E-state index in [2.05, 4.69) is 9.97 Å². The molecule has 0 aliphatic heterocycles. The number of H-pyrrole nitrogens is 1. The molecule has 98 valence electrons. The maximum atomic E-state index is 12.2. The fourth-order valence-electron chi connectivity index (χ4n) is 1.39. The Balaban J connectivity index is 2.94. The van der Waals surface area contributed by atoms with Crippen LogP contribution in [0.3, 0.4) is 0 Å². The zero-order chi connectivity index (χ0) is 13.1. The van der Waals surface area contributed by atoms with Gasteiger partial charge in [0, 0.05) is 25.3 Å². The van der Waals surface area contributed by atoms with Crippen LogP contribution in [0.4, 0.5) is 0 Å². The fraction of sp³-hybridized carbons (Fsp3) is 0.700. The third kappa shape index (κ3) is 3.23. The van der Waals surface area contributed by atoms with Gasteiger partial charge in [-0.25, -0.2) is 13.4 Å². The van der Waals surface area contributed by atoms with Crippen molar-refractivity contribution in [3.05, 3.63) is 12.0 Å². The molecule has 0 saturated heterocycles. The van der Waals surface area contributed by atoms with Crippen molar-refractivity contribution in [3.63, 3.8) is 0 Å². The number of aryl methyl sites for hydroxylation is 1. The number of hydrogen-bond donors (Lipinski definition) is 1. The number of rotatable bonds is 6. The average Bonchev–Trinajstić information content (AvgIpc) is 2.77. The highest BCUT2D eigenvalue weighted by atomic mass is 32.2. The van der Waals surface area contributed by atoms with Crippen molar-refractivity contribution in [1.82, 2.24) is 14.3 Å². The van der Waals surface area contributed by atoms with E-state index < -0.39 is 10.0 Å². The van der Waals surface area contributed by atoms with Crippen molar-refractivity contribution in [2.24, 2.45) is 0 Å². The Morgan fingerprint density at radius 3 is 2.71 bits per heavy atom. The molecule has 0 bridgehead atoms. The van der Waals surface area contributed by atoms with Crippen LogP contribution in [0.5, 0.6) is 0 Å². The van der Waals surface area contributed by atoms with E-state index in [9.17, 15) is 8.42 Å². The van der Waals surface area contributed by atoms with Gasteiger partial charge in [0.1, 0.15) is 5.82 Å². The smallest absolute Gasteiger partial charge is 0.260 e. The van der Waals surface area contributed by atoms with Gasteiger partial charge in [0.15, 0.2) is 5.03 Å². The summed E-state index contributed by atoms with van der Waals surface area (Å²) >= 11 is 1.63. The fourth-order valence-corrected chi connectivity index (χ4v) is 3.48. The second kappa shape index (κ2) is 5.88. The lowest BCUT2D eigenvalue weighted by atomic mass is 10.4. The predicted molar refractivity (Wildman–Crippen MR) is 70.8 cm³/mol. The summed E-state index contributed by atoms with van der Waals surface area (Å²) in [6, 6.07) is -0.0385. The van der Waals surface area contributed by atoms with E-state index in [1.165, 1.54) is 10.5 Å². The molecule has 0 radical (unpaired) electrons. The Labute approximate surface area is 107 Å². The number of hydrogen-bond acceptors (Lipinski definition) is 4. The van der Waals surface area contributed by atoms with Crippen molar-refractivity contribution in [2.45, 2.75) is 31.3 Å². The van der Waals surface area contributed by atoms with Gasteiger partial charge in [-0.3, -0.25) is 0 Å². The maximum Gasteiger partial charge on any atom is 0.260 e.